The van der Waals surface area contributed by atoms with Crippen LogP contribution >= 0.6 is 0 Å². The first-order chi connectivity index (χ1) is 23.7. The molecule has 48 heavy (non-hydrogen) atoms. The fraction of sp³-hybridized carbons (Fsp3) is 0.932. The van der Waals surface area contributed by atoms with E-state index in [1.807, 2.05) is 6.08 Å². The summed E-state index contributed by atoms with van der Waals surface area (Å²) in [6.45, 7) is 4.32. The fourth-order valence-electron chi connectivity index (χ4n) is 6.89. The third-order valence-electron chi connectivity index (χ3n) is 10.3. The van der Waals surface area contributed by atoms with E-state index < -0.39 is 12.1 Å². The summed E-state index contributed by atoms with van der Waals surface area (Å²) in [5.41, 5.74) is 0. The molecular weight excluding hydrogens is 590 g/mol. The third kappa shape index (κ3) is 36.4. The van der Waals surface area contributed by atoms with Gasteiger partial charge in [0.05, 0.1) is 18.8 Å². The first kappa shape index (κ1) is 47.1. The lowest BCUT2D eigenvalue weighted by atomic mass is 10.0. The van der Waals surface area contributed by atoms with E-state index in [4.69, 9.17) is 0 Å². The predicted molar refractivity (Wildman–Crippen MR) is 212 cm³/mol. The van der Waals surface area contributed by atoms with E-state index in [1.165, 1.54) is 199 Å². The van der Waals surface area contributed by atoms with Crippen molar-refractivity contribution >= 4 is 5.91 Å². The minimum atomic E-state index is -0.833. The molecule has 0 aromatic rings. The van der Waals surface area contributed by atoms with Crippen molar-refractivity contribution in [2.45, 2.75) is 257 Å². The van der Waals surface area contributed by atoms with Crippen LogP contribution < -0.4 is 5.32 Å². The number of unbranched alkanes of at least 4 members (excludes halogenated alkanes) is 33. The molecule has 0 aliphatic heterocycles. The number of carbonyl (C=O) groups is 1. The van der Waals surface area contributed by atoms with Crippen molar-refractivity contribution in [2.24, 2.45) is 0 Å². The average molecular weight is 678 g/mol. The molecule has 0 aliphatic carbocycles. The van der Waals surface area contributed by atoms with Gasteiger partial charge in [0.25, 0.3) is 0 Å². The molecule has 0 bridgehead atoms. The van der Waals surface area contributed by atoms with Gasteiger partial charge in [-0.25, -0.2) is 0 Å². The Morgan fingerprint density at radius 2 is 0.771 bits per heavy atom. The molecule has 0 radical (unpaired) electrons. The molecule has 1 amide bonds. The molecule has 0 heterocycles. The number of amides is 1. The molecule has 0 saturated carbocycles. The Kier molecular flexibility index (Phi) is 39.8. The van der Waals surface area contributed by atoms with Crippen molar-refractivity contribution in [1.82, 2.24) is 5.32 Å². The standard InChI is InChI=1S/C44H87NO3/c1-3-5-7-9-11-13-15-17-18-19-20-21-22-23-24-25-26-28-29-31-33-35-37-39-43(47)42(41-46)45-44(48)40-38-36-34-32-30-27-16-14-12-10-8-6-4-2/h37,39,42-43,46-47H,3-36,38,40-41H2,1-2H3,(H,45,48)/b39-37+. The second-order valence-corrected chi connectivity index (χ2v) is 15.1. The summed E-state index contributed by atoms with van der Waals surface area (Å²) < 4.78 is 0. The first-order valence-electron chi connectivity index (χ1n) is 21.9. The van der Waals surface area contributed by atoms with E-state index >= 15 is 0 Å². The van der Waals surface area contributed by atoms with Gasteiger partial charge in [0.1, 0.15) is 0 Å². The van der Waals surface area contributed by atoms with E-state index in [9.17, 15) is 15.0 Å². The SMILES string of the molecule is CCCCCCCCCCCCCCCCCCCCCCC/C=C/C(O)C(CO)NC(=O)CCCCCCCCCCCCCCC. The van der Waals surface area contributed by atoms with Gasteiger partial charge in [-0.1, -0.05) is 231 Å². The molecule has 286 valence electrons. The van der Waals surface area contributed by atoms with Gasteiger partial charge in [-0.3, -0.25) is 4.79 Å². The number of hydrogen-bond acceptors (Lipinski definition) is 3. The summed E-state index contributed by atoms with van der Waals surface area (Å²) in [6.07, 6.45) is 50.4. The minimum Gasteiger partial charge on any atom is -0.394 e. The Hall–Kier alpha value is -0.870. The van der Waals surface area contributed by atoms with Crippen LogP contribution in [0.25, 0.3) is 0 Å². The maximum absolute atomic E-state index is 12.3. The molecule has 0 aromatic carbocycles. The number of carbonyl (C=O) groups excluding carboxylic acids is 1. The van der Waals surface area contributed by atoms with Gasteiger partial charge in [-0.05, 0) is 19.3 Å². The van der Waals surface area contributed by atoms with Crippen LogP contribution in [-0.4, -0.2) is 34.9 Å². The molecule has 0 aliphatic rings. The van der Waals surface area contributed by atoms with Gasteiger partial charge in [0.2, 0.25) is 5.91 Å². The van der Waals surface area contributed by atoms with E-state index in [0.29, 0.717) is 6.42 Å². The number of aliphatic hydroxyl groups is 2. The lowest BCUT2D eigenvalue weighted by Gasteiger charge is -2.20. The van der Waals surface area contributed by atoms with Crippen LogP contribution in [0, 0.1) is 0 Å². The highest BCUT2D eigenvalue weighted by Crippen LogP contribution is 2.16. The molecule has 4 nitrogen and oxygen atoms in total. The number of rotatable bonds is 40. The van der Waals surface area contributed by atoms with Crippen molar-refractivity contribution in [3.05, 3.63) is 12.2 Å². The van der Waals surface area contributed by atoms with Crippen LogP contribution in [0.4, 0.5) is 0 Å². The summed E-state index contributed by atoms with van der Waals surface area (Å²) >= 11 is 0. The largest absolute Gasteiger partial charge is 0.394 e. The predicted octanol–water partition coefficient (Wildman–Crippen LogP) is 13.5. The number of allylic oxidation sites excluding steroid dienone is 1. The molecule has 3 N–H and O–H groups in total. The lowest BCUT2D eigenvalue weighted by Crippen LogP contribution is -2.45. The van der Waals surface area contributed by atoms with Crippen LogP contribution in [0.3, 0.4) is 0 Å². The van der Waals surface area contributed by atoms with Crippen molar-refractivity contribution in [3.63, 3.8) is 0 Å². The zero-order valence-electron chi connectivity index (χ0n) is 32.8. The normalized spacial score (nSPS) is 13.0. The summed E-state index contributed by atoms with van der Waals surface area (Å²) in [7, 11) is 0. The molecule has 0 saturated heterocycles. The number of hydrogen-bond donors (Lipinski definition) is 3. The average Bonchev–Trinajstić information content (AvgIpc) is 3.09. The monoisotopic (exact) mass is 678 g/mol. The Labute approximate surface area is 301 Å². The molecule has 0 spiro atoms. The van der Waals surface area contributed by atoms with Crippen LogP contribution in [0.15, 0.2) is 12.2 Å². The summed E-state index contributed by atoms with van der Waals surface area (Å²) in [6, 6.07) is -0.615. The molecular formula is C44H87NO3. The Bertz CT molecular complexity index is 651. The van der Waals surface area contributed by atoms with Gasteiger partial charge in [-0.15, -0.1) is 0 Å². The van der Waals surface area contributed by atoms with E-state index in [1.54, 1.807) is 6.08 Å². The molecule has 4 heteroatoms. The molecule has 0 aromatic heterocycles. The molecule has 0 fully saturated rings. The number of aliphatic hydroxyl groups excluding tert-OH is 2. The smallest absolute Gasteiger partial charge is 0.220 e. The summed E-state index contributed by atoms with van der Waals surface area (Å²) in [5, 5.41) is 23.0. The maximum atomic E-state index is 12.3. The van der Waals surface area contributed by atoms with Crippen LogP contribution in [0.1, 0.15) is 245 Å². The van der Waals surface area contributed by atoms with Gasteiger partial charge in [0.15, 0.2) is 0 Å². The van der Waals surface area contributed by atoms with E-state index in [0.717, 1.165) is 25.7 Å². The van der Waals surface area contributed by atoms with Gasteiger partial charge in [0, 0.05) is 6.42 Å². The zero-order valence-corrected chi connectivity index (χ0v) is 32.8. The summed E-state index contributed by atoms with van der Waals surface area (Å²) in [4.78, 5) is 12.3. The van der Waals surface area contributed by atoms with E-state index in [-0.39, 0.29) is 12.5 Å². The van der Waals surface area contributed by atoms with Crippen molar-refractivity contribution in [1.29, 1.82) is 0 Å². The third-order valence-corrected chi connectivity index (χ3v) is 10.3. The Balaban J connectivity index is 3.50. The minimum absolute atomic E-state index is 0.0612. The number of nitrogens with one attached hydrogen (secondary N) is 1. The van der Waals surface area contributed by atoms with E-state index in [2.05, 4.69) is 19.2 Å². The molecule has 0 rings (SSSR count). The van der Waals surface area contributed by atoms with Gasteiger partial charge >= 0.3 is 0 Å². The second-order valence-electron chi connectivity index (χ2n) is 15.1. The quantitative estimate of drug-likeness (QED) is 0.0446. The van der Waals surface area contributed by atoms with Crippen molar-refractivity contribution in [2.75, 3.05) is 6.61 Å². The van der Waals surface area contributed by atoms with Crippen LogP contribution in [0.5, 0.6) is 0 Å². The summed E-state index contributed by atoms with van der Waals surface area (Å²) in [5.74, 6) is -0.0612. The highest BCUT2D eigenvalue weighted by Gasteiger charge is 2.17. The maximum Gasteiger partial charge on any atom is 0.220 e. The molecule has 2 atom stereocenters. The zero-order chi connectivity index (χ0) is 35.0. The highest BCUT2D eigenvalue weighted by molar-refractivity contribution is 5.76. The highest BCUT2D eigenvalue weighted by atomic mass is 16.3. The Morgan fingerprint density at radius 3 is 1.08 bits per heavy atom. The second kappa shape index (κ2) is 40.6. The topological polar surface area (TPSA) is 69.6 Å². The van der Waals surface area contributed by atoms with Crippen LogP contribution in [0.2, 0.25) is 0 Å². The van der Waals surface area contributed by atoms with Crippen molar-refractivity contribution < 1.29 is 15.0 Å². The fourth-order valence-corrected chi connectivity index (χ4v) is 6.89. The van der Waals surface area contributed by atoms with Crippen molar-refractivity contribution in [3.8, 4) is 0 Å². The van der Waals surface area contributed by atoms with Gasteiger partial charge < -0.3 is 15.5 Å². The first-order valence-corrected chi connectivity index (χ1v) is 21.9. The van der Waals surface area contributed by atoms with Gasteiger partial charge in [-0.2, -0.15) is 0 Å². The molecule has 2 unspecified atom stereocenters. The van der Waals surface area contributed by atoms with Crippen LogP contribution in [-0.2, 0) is 4.79 Å². The Morgan fingerprint density at radius 1 is 0.479 bits per heavy atom. The lowest BCUT2D eigenvalue weighted by molar-refractivity contribution is -0.123.